The molecule has 2 aromatic rings. The molecule has 0 aliphatic carbocycles. The summed E-state index contributed by atoms with van der Waals surface area (Å²) in [6.45, 7) is 3.50. The molecule has 0 bridgehead atoms. The van der Waals surface area contributed by atoms with Gasteiger partial charge in [-0.25, -0.2) is 0 Å². The molecule has 0 radical (unpaired) electrons. The lowest BCUT2D eigenvalue weighted by atomic mass is 10.0. The van der Waals surface area contributed by atoms with Gasteiger partial charge in [-0.15, -0.1) is 0 Å². The number of fused-ring (bicyclic) bond motifs is 1. The van der Waals surface area contributed by atoms with E-state index in [9.17, 15) is 4.79 Å². The first kappa shape index (κ1) is 18.3. The summed E-state index contributed by atoms with van der Waals surface area (Å²) in [5.41, 5.74) is 2.10. The van der Waals surface area contributed by atoms with Crippen LogP contribution in [0.15, 0.2) is 48.5 Å². The Morgan fingerprint density at radius 3 is 2.67 bits per heavy atom. The van der Waals surface area contributed by atoms with Crippen molar-refractivity contribution in [1.29, 1.82) is 0 Å². The molecular weight excluding hydrogens is 364 g/mol. The third-order valence-electron chi connectivity index (χ3n) is 5.16. The van der Waals surface area contributed by atoms with E-state index in [-0.39, 0.29) is 11.9 Å². The number of para-hydroxylation sites is 1. The summed E-state index contributed by atoms with van der Waals surface area (Å²) in [4.78, 5) is 15.0. The maximum Gasteiger partial charge on any atom is 0.261 e. The molecule has 0 aromatic heterocycles. The second-order valence-corrected chi connectivity index (χ2v) is 7.26. The molecule has 1 fully saturated rings. The maximum absolute atomic E-state index is 12.7. The van der Waals surface area contributed by atoms with Crippen molar-refractivity contribution in [3.8, 4) is 5.75 Å². The highest BCUT2D eigenvalue weighted by atomic mass is 35.5. The van der Waals surface area contributed by atoms with Crippen molar-refractivity contribution in [3.63, 3.8) is 0 Å². The zero-order valence-corrected chi connectivity index (χ0v) is 15.8. The minimum absolute atomic E-state index is 0.00956. The zero-order chi connectivity index (χ0) is 18.6. The molecule has 2 aliphatic rings. The van der Waals surface area contributed by atoms with Crippen molar-refractivity contribution in [2.75, 3.05) is 32.8 Å². The Kier molecular flexibility index (Phi) is 5.62. The third kappa shape index (κ3) is 4.10. The number of hydrogen-bond acceptors (Lipinski definition) is 4. The Morgan fingerprint density at radius 2 is 1.89 bits per heavy atom. The molecule has 5 nitrogen and oxygen atoms in total. The predicted octanol–water partition coefficient (Wildman–Crippen LogP) is 2.83. The number of rotatable bonds is 5. The van der Waals surface area contributed by atoms with Crippen LogP contribution in [0.2, 0.25) is 5.02 Å². The molecule has 2 aliphatic heterocycles. The first-order valence-electron chi connectivity index (χ1n) is 9.31. The molecule has 1 saturated heterocycles. The van der Waals surface area contributed by atoms with E-state index in [0.29, 0.717) is 31.2 Å². The molecular formula is C21H23ClN2O3. The SMILES string of the molecule is O=C(NC[C@@H](c1ccccc1Cl)N1CCOCC1)[C@@H]1Cc2ccccc2O1. The normalized spacial score (nSPS) is 20.6. The van der Waals surface area contributed by atoms with E-state index in [0.717, 1.165) is 30.0 Å². The quantitative estimate of drug-likeness (QED) is 0.858. The van der Waals surface area contributed by atoms with Gasteiger partial charge in [-0.1, -0.05) is 48.0 Å². The second kappa shape index (κ2) is 8.30. The lowest BCUT2D eigenvalue weighted by Gasteiger charge is -2.35. The summed E-state index contributed by atoms with van der Waals surface area (Å²) >= 11 is 6.45. The second-order valence-electron chi connectivity index (χ2n) is 6.85. The first-order chi connectivity index (χ1) is 13.2. The fourth-order valence-corrected chi connectivity index (χ4v) is 3.97. The number of hydrogen-bond donors (Lipinski definition) is 1. The third-order valence-corrected chi connectivity index (χ3v) is 5.50. The highest BCUT2D eigenvalue weighted by Crippen LogP contribution is 2.30. The lowest BCUT2D eigenvalue weighted by Crippen LogP contribution is -2.46. The molecule has 0 saturated carbocycles. The minimum Gasteiger partial charge on any atom is -0.480 e. The fourth-order valence-electron chi connectivity index (χ4n) is 3.71. The van der Waals surface area contributed by atoms with Crippen LogP contribution in [0.1, 0.15) is 17.2 Å². The molecule has 6 heteroatoms. The number of ether oxygens (including phenoxy) is 2. The van der Waals surface area contributed by atoms with E-state index in [1.807, 2.05) is 48.5 Å². The van der Waals surface area contributed by atoms with Crippen molar-refractivity contribution in [3.05, 3.63) is 64.7 Å². The van der Waals surface area contributed by atoms with E-state index < -0.39 is 6.10 Å². The van der Waals surface area contributed by atoms with Crippen LogP contribution in [-0.2, 0) is 16.0 Å². The number of halogens is 1. The largest absolute Gasteiger partial charge is 0.480 e. The van der Waals surface area contributed by atoms with Gasteiger partial charge in [0.25, 0.3) is 5.91 Å². The molecule has 142 valence electrons. The van der Waals surface area contributed by atoms with E-state index >= 15 is 0 Å². The summed E-state index contributed by atoms with van der Waals surface area (Å²) in [6, 6.07) is 15.6. The van der Waals surface area contributed by atoms with E-state index in [4.69, 9.17) is 21.1 Å². The van der Waals surface area contributed by atoms with Crippen LogP contribution in [-0.4, -0.2) is 49.8 Å². The Balaban J connectivity index is 1.44. The minimum atomic E-state index is -0.473. The van der Waals surface area contributed by atoms with Gasteiger partial charge in [0.05, 0.1) is 19.3 Å². The Labute approximate surface area is 164 Å². The predicted molar refractivity (Wildman–Crippen MR) is 104 cm³/mol. The lowest BCUT2D eigenvalue weighted by molar-refractivity contribution is -0.127. The zero-order valence-electron chi connectivity index (χ0n) is 15.1. The summed E-state index contributed by atoms with van der Waals surface area (Å²) in [5, 5.41) is 3.79. The van der Waals surface area contributed by atoms with Gasteiger partial charge < -0.3 is 14.8 Å². The number of nitrogens with one attached hydrogen (secondary N) is 1. The summed E-state index contributed by atoms with van der Waals surface area (Å²) in [5.74, 6) is 0.713. The average molecular weight is 387 g/mol. The van der Waals surface area contributed by atoms with Crippen molar-refractivity contribution in [2.45, 2.75) is 18.6 Å². The van der Waals surface area contributed by atoms with Crippen molar-refractivity contribution >= 4 is 17.5 Å². The van der Waals surface area contributed by atoms with Gasteiger partial charge in [-0.2, -0.15) is 0 Å². The Bertz CT molecular complexity index is 783. The van der Waals surface area contributed by atoms with Crippen LogP contribution >= 0.6 is 11.6 Å². The Morgan fingerprint density at radius 1 is 1.15 bits per heavy atom. The number of nitrogens with zero attached hydrogens (tertiary/aromatic N) is 1. The van der Waals surface area contributed by atoms with Gasteiger partial charge in [0, 0.05) is 31.1 Å². The number of carbonyl (C=O) groups is 1. The van der Waals surface area contributed by atoms with Gasteiger partial charge >= 0.3 is 0 Å². The van der Waals surface area contributed by atoms with Crippen LogP contribution in [0.4, 0.5) is 0 Å². The molecule has 0 unspecified atom stereocenters. The molecule has 1 N–H and O–H groups in total. The summed E-state index contributed by atoms with van der Waals surface area (Å²) in [6.07, 6.45) is 0.134. The van der Waals surface area contributed by atoms with Crippen LogP contribution in [0.25, 0.3) is 0 Å². The Hall–Kier alpha value is -2.08. The molecule has 4 rings (SSSR count). The van der Waals surface area contributed by atoms with Crippen molar-refractivity contribution in [1.82, 2.24) is 10.2 Å². The molecule has 27 heavy (non-hydrogen) atoms. The smallest absolute Gasteiger partial charge is 0.261 e. The first-order valence-corrected chi connectivity index (χ1v) is 9.68. The van der Waals surface area contributed by atoms with Gasteiger partial charge in [-0.3, -0.25) is 9.69 Å². The number of carbonyl (C=O) groups excluding carboxylic acids is 1. The van der Waals surface area contributed by atoms with E-state index in [1.165, 1.54) is 0 Å². The molecule has 2 atom stereocenters. The van der Waals surface area contributed by atoms with Gasteiger partial charge in [0.2, 0.25) is 0 Å². The highest BCUT2D eigenvalue weighted by molar-refractivity contribution is 6.31. The molecule has 1 amide bonds. The highest BCUT2D eigenvalue weighted by Gasteiger charge is 2.30. The summed E-state index contributed by atoms with van der Waals surface area (Å²) in [7, 11) is 0. The monoisotopic (exact) mass is 386 g/mol. The topological polar surface area (TPSA) is 50.8 Å². The maximum atomic E-state index is 12.7. The average Bonchev–Trinajstić information content (AvgIpc) is 3.14. The fraction of sp³-hybridized carbons (Fsp3) is 0.381. The molecule has 2 aromatic carbocycles. The number of morpholine rings is 1. The van der Waals surface area contributed by atoms with Crippen LogP contribution < -0.4 is 10.1 Å². The number of amides is 1. The standard InChI is InChI=1S/C21H23ClN2O3/c22-17-7-3-2-6-16(17)18(24-9-11-26-12-10-24)14-23-21(25)20-13-15-5-1-4-8-19(15)27-20/h1-8,18,20H,9-14H2,(H,23,25)/t18-,20-/m0/s1. The van der Waals surface area contributed by atoms with Crippen LogP contribution in [0, 0.1) is 0 Å². The van der Waals surface area contributed by atoms with Gasteiger partial charge in [0.15, 0.2) is 6.10 Å². The van der Waals surface area contributed by atoms with Crippen LogP contribution in [0.5, 0.6) is 5.75 Å². The van der Waals surface area contributed by atoms with E-state index in [1.54, 1.807) is 0 Å². The molecule has 2 heterocycles. The van der Waals surface area contributed by atoms with E-state index in [2.05, 4.69) is 10.2 Å². The molecule has 0 spiro atoms. The summed E-state index contributed by atoms with van der Waals surface area (Å²) < 4.78 is 11.3. The van der Waals surface area contributed by atoms with Gasteiger partial charge in [-0.05, 0) is 23.3 Å². The van der Waals surface area contributed by atoms with Crippen molar-refractivity contribution in [2.24, 2.45) is 0 Å². The van der Waals surface area contributed by atoms with Crippen molar-refractivity contribution < 1.29 is 14.3 Å². The van der Waals surface area contributed by atoms with Crippen LogP contribution in [0.3, 0.4) is 0 Å². The van der Waals surface area contributed by atoms with Gasteiger partial charge in [0.1, 0.15) is 5.75 Å². The number of benzene rings is 2.